The van der Waals surface area contributed by atoms with Crippen molar-refractivity contribution in [1.82, 2.24) is 31.3 Å². The molecule has 13 nitrogen and oxygen atoms in total. The van der Waals surface area contributed by atoms with Crippen LogP contribution in [0.2, 0.25) is 0 Å². The van der Waals surface area contributed by atoms with Crippen LogP contribution in [0.4, 0.5) is 10.5 Å². The lowest BCUT2D eigenvalue weighted by molar-refractivity contribution is -0.156. The molecule has 3 rings (SSSR count). The first-order valence-corrected chi connectivity index (χ1v) is 11.9. The van der Waals surface area contributed by atoms with E-state index in [1.165, 1.54) is 4.90 Å². The second-order valence-corrected chi connectivity index (χ2v) is 10.6. The topological polar surface area (TPSA) is 168 Å². The molecule has 0 radical (unpaired) electrons. The number of H-pyrrole nitrogens is 1. The summed E-state index contributed by atoms with van der Waals surface area (Å²) in [5.74, 6) is -1.52. The maximum absolute atomic E-state index is 13.9. The maximum atomic E-state index is 13.9. The van der Waals surface area contributed by atoms with E-state index < -0.39 is 53.6 Å². The lowest BCUT2D eigenvalue weighted by atomic mass is 10.1. The van der Waals surface area contributed by atoms with E-state index >= 15 is 0 Å². The first-order chi connectivity index (χ1) is 17.2. The van der Waals surface area contributed by atoms with Gasteiger partial charge < -0.3 is 20.1 Å². The van der Waals surface area contributed by atoms with Gasteiger partial charge in [-0.25, -0.2) is 4.79 Å². The highest BCUT2D eigenvalue weighted by Gasteiger charge is 2.42. The standard InChI is InChI=1S/C24H33N7O6/c1-23(2,3)36-19(32)12-15(26-22(35)37-24(4,5)6)21(34)31-16-10-8-7-9-14(16)11-17(31)20(33)25-13-18-27-29-30-28-18/h7-10,15,17H,11-13H2,1-6H3,(H,25,33)(H,26,35)(H,27,28,29,30)/t15-,17-/m0/s1. The maximum Gasteiger partial charge on any atom is 0.408 e. The van der Waals surface area contributed by atoms with Crippen molar-refractivity contribution >= 4 is 29.6 Å². The van der Waals surface area contributed by atoms with Crippen LogP contribution in [0.1, 0.15) is 59.4 Å². The molecule has 0 aliphatic carbocycles. The fourth-order valence-corrected chi connectivity index (χ4v) is 3.78. The number of rotatable bonds is 7. The monoisotopic (exact) mass is 515 g/mol. The van der Waals surface area contributed by atoms with Gasteiger partial charge in [0.15, 0.2) is 5.82 Å². The van der Waals surface area contributed by atoms with Gasteiger partial charge in [-0.3, -0.25) is 19.3 Å². The van der Waals surface area contributed by atoms with Gasteiger partial charge in [0, 0.05) is 12.1 Å². The zero-order valence-corrected chi connectivity index (χ0v) is 21.8. The number of esters is 1. The Morgan fingerprint density at radius 2 is 1.76 bits per heavy atom. The van der Waals surface area contributed by atoms with Gasteiger partial charge in [0.2, 0.25) is 5.91 Å². The molecule has 200 valence electrons. The van der Waals surface area contributed by atoms with Crippen LogP contribution in [0.15, 0.2) is 24.3 Å². The van der Waals surface area contributed by atoms with Crippen molar-refractivity contribution in [3.05, 3.63) is 35.7 Å². The Hall–Kier alpha value is -4.03. The van der Waals surface area contributed by atoms with Gasteiger partial charge in [0.25, 0.3) is 5.91 Å². The molecular weight excluding hydrogens is 482 g/mol. The molecule has 3 N–H and O–H groups in total. The fourth-order valence-electron chi connectivity index (χ4n) is 3.78. The van der Waals surface area contributed by atoms with E-state index in [0.717, 1.165) is 5.56 Å². The van der Waals surface area contributed by atoms with Crippen LogP contribution in [0.3, 0.4) is 0 Å². The van der Waals surface area contributed by atoms with Crippen molar-refractivity contribution in [2.75, 3.05) is 4.90 Å². The molecule has 0 spiro atoms. The first-order valence-electron chi connectivity index (χ1n) is 11.9. The lowest BCUT2D eigenvalue weighted by Gasteiger charge is -2.30. The second-order valence-electron chi connectivity index (χ2n) is 10.6. The van der Waals surface area contributed by atoms with Gasteiger partial charge in [-0.1, -0.05) is 23.4 Å². The molecule has 1 aromatic carbocycles. The summed E-state index contributed by atoms with van der Waals surface area (Å²) in [6.45, 7) is 10.1. The van der Waals surface area contributed by atoms with Crippen LogP contribution in [0, 0.1) is 0 Å². The third-order valence-electron chi connectivity index (χ3n) is 5.11. The molecule has 1 aliphatic heterocycles. The van der Waals surface area contributed by atoms with Crippen molar-refractivity contribution in [3.63, 3.8) is 0 Å². The number of hydrogen-bond acceptors (Lipinski definition) is 9. The SMILES string of the molecule is CC(C)(C)OC(=O)C[C@H](NC(=O)OC(C)(C)C)C(=O)N1c2ccccc2C[C@H]1C(=O)NCc1nn[nH]n1. The largest absolute Gasteiger partial charge is 0.460 e. The third kappa shape index (κ3) is 7.72. The third-order valence-corrected chi connectivity index (χ3v) is 5.11. The molecule has 13 heteroatoms. The number of tetrazole rings is 1. The van der Waals surface area contributed by atoms with Crippen molar-refractivity contribution in [2.24, 2.45) is 0 Å². The molecule has 1 aliphatic rings. The summed E-state index contributed by atoms with van der Waals surface area (Å²) in [6.07, 6.45) is -1.09. The summed E-state index contributed by atoms with van der Waals surface area (Å²) < 4.78 is 10.7. The van der Waals surface area contributed by atoms with E-state index in [1.807, 2.05) is 6.07 Å². The molecule has 0 unspecified atom stereocenters. The van der Waals surface area contributed by atoms with E-state index in [-0.39, 0.29) is 18.8 Å². The Morgan fingerprint density at radius 1 is 1.08 bits per heavy atom. The first kappa shape index (κ1) is 27.6. The molecule has 0 saturated heterocycles. The molecule has 37 heavy (non-hydrogen) atoms. The molecular formula is C24H33N7O6. The van der Waals surface area contributed by atoms with Crippen LogP contribution in [-0.4, -0.2) is 67.8 Å². The number of nitrogens with one attached hydrogen (secondary N) is 3. The fraction of sp³-hybridized carbons (Fsp3) is 0.542. The summed E-state index contributed by atoms with van der Waals surface area (Å²) >= 11 is 0. The number of nitrogens with zero attached hydrogens (tertiary/aromatic N) is 4. The average molecular weight is 516 g/mol. The van der Waals surface area contributed by atoms with Gasteiger partial charge in [-0.2, -0.15) is 5.21 Å². The minimum atomic E-state index is -1.34. The summed E-state index contributed by atoms with van der Waals surface area (Å²) in [7, 11) is 0. The predicted molar refractivity (Wildman–Crippen MR) is 131 cm³/mol. The number of aromatic nitrogens is 4. The number of anilines is 1. The molecule has 3 amide bonds. The van der Waals surface area contributed by atoms with E-state index in [0.29, 0.717) is 5.69 Å². The van der Waals surface area contributed by atoms with Gasteiger partial charge in [0.1, 0.15) is 23.3 Å². The normalized spacial score (nSPS) is 15.9. The number of para-hydroxylation sites is 1. The number of benzene rings is 1. The molecule has 0 fully saturated rings. The molecule has 0 saturated carbocycles. The van der Waals surface area contributed by atoms with Crippen LogP contribution in [0.5, 0.6) is 0 Å². The van der Waals surface area contributed by atoms with Gasteiger partial charge in [-0.15, -0.1) is 10.2 Å². The number of aromatic amines is 1. The predicted octanol–water partition coefficient (Wildman–Crippen LogP) is 1.40. The van der Waals surface area contributed by atoms with Crippen LogP contribution in [0.25, 0.3) is 0 Å². The van der Waals surface area contributed by atoms with E-state index in [4.69, 9.17) is 9.47 Å². The van der Waals surface area contributed by atoms with E-state index in [1.54, 1.807) is 59.7 Å². The number of ether oxygens (including phenoxy) is 2. The summed E-state index contributed by atoms with van der Waals surface area (Å²) in [5.41, 5.74) is -0.355. The molecule has 2 atom stereocenters. The van der Waals surface area contributed by atoms with Gasteiger partial charge in [0.05, 0.1) is 13.0 Å². The number of fused-ring (bicyclic) bond motifs is 1. The lowest BCUT2D eigenvalue weighted by Crippen LogP contribution is -2.56. The number of amides is 3. The Balaban J connectivity index is 1.88. The average Bonchev–Trinajstić information content (AvgIpc) is 3.41. The van der Waals surface area contributed by atoms with E-state index in [2.05, 4.69) is 31.3 Å². The highest BCUT2D eigenvalue weighted by atomic mass is 16.6. The molecule has 0 bridgehead atoms. The Kier molecular flexibility index (Phi) is 8.14. The Bertz CT molecular complexity index is 1110. The summed E-state index contributed by atoms with van der Waals surface area (Å²) in [5, 5.41) is 18.6. The number of hydrogen-bond donors (Lipinski definition) is 3. The van der Waals surface area contributed by atoms with Crippen LogP contribution in [-0.2, 0) is 36.8 Å². The summed E-state index contributed by atoms with van der Waals surface area (Å²) in [6, 6.07) is 4.78. The zero-order chi connectivity index (χ0) is 27.4. The zero-order valence-electron chi connectivity index (χ0n) is 21.8. The number of alkyl carbamates (subject to hydrolysis) is 1. The molecule has 2 heterocycles. The highest BCUT2D eigenvalue weighted by Crippen LogP contribution is 2.33. The Morgan fingerprint density at radius 3 is 2.38 bits per heavy atom. The quantitative estimate of drug-likeness (QED) is 0.461. The molecule has 1 aromatic heterocycles. The van der Waals surface area contributed by atoms with E-state index in [9.17, 15) is 19.2 Å². The minimum absolute atomic E-state index is 0.00169. The van der Waals surface area contributed by atoms with Crippen LogP contribution >= 0.6 is 0 Å². The smallest absolute Gasteiger partial charge is 0.408 e. The Labute approximate surface area is 214 Å². The molecule has 2 aromatic rings. The summed E-state index contributed by atoms with van der Waals surface area (Å²) in [4.78, 5) is 53.6. The van der Waals surface area contributed by atoms with Crippen molar-refractivity contribution < 1.29 is 28.7 Å². The van der Waals surface area contributed by atoms with Crippen molar-refractivity contribution in [3.8, 4) is 0 Å². The van der Waals surface area contributed by atoms with Gasteiger partial charge in [-0.05, 0) is 53.2 Å². The number of carbonyl (C=O) groups is 4. The highest BCUT2D eigenvalue weighted by molar-refractivity contribution is 6.07. The minimum Gasteiger partial charge on any atom is -0.460 e. The van der Waals surface area contributed by atoms with Crippen LogP contribution < -0.4 is 15.5 Å². The van der Waals surface area contributed by atoms with Crippen molar-refractivity contribution in [1.29, 1.82) is 0 Å². The van der Waals surface area contributed by atoms with Gasteiger partial charge >= 0.3 is 12.1 Å². The number of carbonyl (C=O) groups excluding carboxylic acids is 4. The second kappa shape index (κ2) is 10.9. The van der Waals surface area contributed by atoms with Crippen molar-refractivity contribution in [2.45, 2.75) is 84.2 Å².